The van der Waals surface area contributed by atoms with Gasteiger partial charge in [-0.05, 0) is 36.4 Å². The number of carbonyl (C=O) groups excluding carboxylic acids is 2. The molecule has 1 aliphatic rings. The van der Waals surface area contributed by atoms with Crippen LogP contribution in [0.2, 0.25) is 10.0 Å². The van der Waals surface area contributed by atoms with Crippen molar-refractivity contribution in [3.05, 3.63) is 56.5 Å². The van der Waals surface area contributed by atoms with E-state index in [1.807, 2.05) is 24.8 Å². The molecular weight excluding hydrogens is 477 g/mol. The lowest BCUT2D eigenvalue weighted by atomic mass is 10.1. The highest BCUT2D eigenvalue weighted by Crippen LogP contribution is 2.31. The van der Waals surface area contributed by atoms with E-state index in [1.165, 1.54) is 0 Å². The van der Waals surface area contributed by atoms with Crippen LogP contribution in [0.3, 0.4) is 0 Å². The Morgan fingerprint density at radius 1 is 1.03 bits per heavy atom. The molecule has 1 heterocycles. The molecule has 1 fully saturated rings. The van der Waals surface area contributed by atoms with Crippen molar-refractivity contribution < 1.29 is 9.59 Å². The van der Waals surface area contributed by atoms with E-state index in [9.17, 15) is 9.59 Å². The third kappa shape index (κ3) is 5.24. The second kappa shape index (κ2) is 9.37. The van der Waals surface area contributed by atoms with Gasteiger partial charge in [0.05, 0.1) is 22.0 Å². The fourth-order valence-corrected chi connectivity index (χ4v) is 4.01. The van der Waals surface area contributed by atoms with Gasteiger partial charge in [-0.1, -0.05) is 53.0 Å². The van der Waals surface area contributed by atoms with Crippen molar-refractivity contribution in [2.45, 2.75) is 13.8 Å². The number of hydrogen-bond donors (Lipinski definition) is 1. The average Bonchev–Trinajstić information content (AvgIpc) is 2.69. The van der Waals surface area contributed by atoms with Crippen molar-refractivity contribution in [3.8, 4) is 0 Å². The minimum Gasteiger partial charge on any atom is -0.366 e. The molecule has 0 unspecified atom stereocenters. The Morgan fingerprint density at radius 2 is 1.72 bits per heavy atom. The first-order valence-corrected chi connectivity index (χ1v) is 10.9. The number of rotatable bonds is 4. The maximum absolute atomic E-state index is 12.8. The van der Waals surface area contributed by atoms with E-state index in [2.05, 4.69) is 26.1 Å². The molecule has 0 saturated carbocycles. The number of hydrogen-bond acceptors (Lipinski definition) is 3. The van der Waals surface area contributed by atoms with Crippen molar-refractivity contribution in [1.82, 2.24) is 4.90 Å². The third-order valence-electron chi connectivity index (χ3n) is 4.81. The van der Waals surface area contributed by atoms with Gasteiger partial charge >= 0.3 is 0 Å². The van der Waals surface area contributed by atoms with Crippen LogP contribution in [0, 0.1) is 5.92 Å². The van der Waals surface area contributed by atoms with Crippen LogP contribution in [0.5, 0.6) is 0 Å². The average molecular weight is 499 g/mol. The number of halogens is 3. The third-order valence-corrected chi connectivity index (χ3v) is 5.86. The van der Waals surface area contributed by atoms with Gasteiger partial charge in [0.25, 0.3) is 5.91 Å². The highest BCUT2D eigenvalue weighted by molar-refractivity contribution is 9.10. The highest BCUT2D eigenvalue weighted by Gasteiger charge is 2.24. The molecule has 2 amide bonds. The van der Waals surface area contributed by atoms with Crippen LogP contribution in [0.1, 0.15) is 24.2 Å². The summed E-state index contributed by atoms with van der Waals surface area (Å²) < 4.78 is 0.768. The molecule has 5 nitrogen and oxygen atoms in total. The smallest absolute Gasteiger partial charge is 0.257 e. The minimum absolute atomic E-state index is 0.0122. The molecule has 1 aliphatic heterocycles. The quantitative estimate of drug-likeness (QED) is 0.621. The molecule has 8 heteroatoms. The number of nitrogens with zero attached hydrogens (tertiary/aromatic N) is 2. The van der Waals surface area contributed by atoms with E-state index < -0.39 is 0 Å². The molecule has 0 aliphatic carbocycles. The predicted molar refractivity (Wildman–Crippen MR) is 122 cm³/mol. The van der Waals surface area contributed by atoms with Crippen molar-refractivity contribution in [2.24, 2.45) is 5.92 Å². The first-order valence-electron chi connectivity index (χ1n) is 9.36. The van der Waals surface area contributed by atoms with Crippen LogP contribution in [-0.4, -0.2) is 42.9 Å². The molecular formula is C21H22BrCl2N3O2. The van der Waals surface area contributed by atoms with Gasteiger partial charge in [-0.15, -0.1) is 0 Å². The maximum Gasteiger partial charge on any atom is 0.257 e. The highest BCUT2D eigenvalue weighted by atomic mass is 79.9. The summed E-state index contributed by atoms with van der Waals surface area (Å²) in [7, 11) is 0. The summed E-state index contributed by atoms with van der Waals surface area (Å²) in [6, 6.07) is 10.5. The number of piperazine rings is 1. The second-order valence-corrected chi connectivity index (χ2v) is 8.97. The molecule has 0 aromatic heterocycles. The van der Waals surface area contributed by atoms with E-state index in [0.717, 1.165) is 10.2 Å². The zero-order valence-electron chi connectivity index (χ0n) is 16.2. The van der Waals surface area contributed by atoms with Gasteiger partial charge in [-0.3, -0.25) is 9.59 Å². The zero-order valence-corrected chi connectivity index (χ0v) is 19.3. The summed E-state index contributed by atoms with van der Waals surface area (Å²) in [5.41, 5.74) is 1.85. The number of benzene rings is 2. The van der Waals surface area contributed by atoms with Crippen LogP contribution >= 0.6 is 39.1 Å². The number of nitrogens with one attached hydrogen (secondary N) is 1. The van der Waals surface area contributed by atoms with E-state index >= 15 is 0 Å². The van der Waals surface area contributed by atoms with Crippen molar-refractivity contribution >= 4 is 62.3 Å². The lowest BCUT2D eigenvalue weighted by Crippen LogP contribution is -2.50. The number of carbonyl (C=O) groups is 2. The molecule has 0 atom stereocenters. The van der Waals surface area contributed by atoms with E-state index in [1.54, 1.807) is 30.3 Å². The van der Waals surface area contributed by atoms with Crippen LogP contribution < -0.4 is 10.2 Å². The summed E-state index contributed by atoms with van der Waals surface area (Å²) in [4.78, 5) is 29.1. The topological polar surface area (TPSA) is 52.7 Å². The molecule has 154 valence electrons. The first kappa shape index (κ1) is 21.9. The summed E-state index contributed by atoms with van der Waals surface area (Å²) in [6.45, 7) is 6.47. The SMILES string of the molecule is CC(C)C(=O)N1CCN(c2ccc(Cl)cc2NC(=O)c2cc(Br)ccc2Cl)CC1. The second-order valence-electron chi connectivity index (χ2n) is 7.21. The van der Waals surface area contributed by atoms with Gasteiger partial charge in [0.1, 0.15) is 0 Å². The van der Waals surface area contributed by atoms with Crippen LogP contribution in [0.25, 0.3) is 0 Å². The van der Waals surface area contributed by atoms with Crippen molar-refractivity contribution in [1.29, 1.82) is 0 Å². The van der Waals surface area contributed by atoms with Gasteiger partial charge in [-0.2, -0.15) is 0 Å². The normalized spacial score (nSPS) is 14.3. The van der Waals surface area contributed by atoms with Gasteiger partial charge in [0, 0.05) is 41.6 Å². The summed E-state index contributed by atoms with van der Waals surface area (Å²) in [5, 5.41) is 3.83. The maximum atomic E-state index is 12.8. The molecule has 2 aromatic carbocycles. The minimum atomic E-state index is -0.312. The number of amides is 2. The molecule has 29 heavy (non-hydrogen) atoms. The Balaban J connectivity index is 1.79. The Bertz CT molecular complexity index is 928. The van der Waals surface area contributed by atoms with Crippen LogP contribution in [-0.2, 0) is 4.79 Å². The molecule has 0 spiro atoms. The lowest BCUT2D eigenvalue weighted by molar-refractivity contribution is -0.134. The Hall–Kier alpha value is -1.76. The Kier molecular flexibility index (Phi) is 7.09. The summed E-state index contributed by atoms with van der Waals surface area (Å²) in [5.74, 6) is -0.158. The molecule has 1 saturated heterocycles. The lowest BCUT2D eigenvalue weighted by Gasteiger charge is -2.37. The van der Waals surface area contributed by atoms with E-state index in [-0.39, 0.29) is 17.7 Å². The van der Waals surface area contributed by atoms with Gasteiger partial charge in [0.2, 0.25) is 5.91 Å². The predicted octanol–water partition coefficient (Wildman–Crippen LogP) is 5.31. The molecule has 0 radical (unpaired) electrons. The molecule has 1 N–H and O–H groups in total. The summed E-state index contributed by atoms with van der Waals surface area (Å²) >= 11 is 15.7. The molecule has 3 rings (SSSR count). The summed E-state index contributed by atoms with van der Waals surface area (Å²) in [6.07, 6.45) is 0. The fraction of sp³-hybridized carbons (Fsp3) is 0.333. The standard InChI is InChI=1S/C21H22BrCl2N3O2/c1-13(2)21(29)27-9-7-26(8-10-27)19-6-4-15(23)12-18(19)25-20(28)16-11-14(22)3-5-17(16)24/h3-6,11-13H,7-10H2,1-2H3,(H,25,28). The zero-order chi connectivity index (χ0) is 21.1. The Morgan fingerprint density at radius 3 is 2.38 bits per heavy atom. The van der Waals surface area contributed by atoms with Gasteiger partial charge in [0.15, 0.2) is 0 Å². The van der Waals surface area contributed by atoms with Crippen LogP contribution in [0.15, 0.2) is 40.9 Å². The van der Waals surface area contributed by atoms with Crippen molar-refractivity contribution in [3.63, 3.8) is 0 Å². The van der Waals surface area contributed by atoms with Crippen molar-refractivity contribution in [2.75, 3.05) is 36.4 Å². The van der Waals surface area contributed by atoms with E-state index in [4.69, 9.17) is 23.2 Å². The van der Waals surface area contributed by atoms with Gasteiger partial charge in [-0.25, -0.2) is 0 Å². The number of anilines is 2. The van der Waals surface area contributed by atoms with Gasteiger partial charge < -0.3 is 15.1 Å². The first-order chi connectivity index (χ1) is 13.8. The molecule has 2 aromatic rings. The monoisotopic (exact) mass is 497 g/mol. The largest absolute Gasteiger partial charge is 0.366 e. The molecule has 0 bridgehead atoms. The Labute approximate surface area is 189 Å². The van der Waals surface area contributed by atoms with E-state index in [0.29, 0.717) is 47.5 Å². The van der Waals surface area contributed by atoms with Crippen LogP contribution in [0.4, 0.5) is 11.4 Å². The fourth-order valence-electron chi connectivity index (χ4n) is 3.28.